The van der Waals surface area contributed by atoms with E-state index in [9.17, 15) is 0 Å². The minimum absolute atomic E-state index is 0.934. The fourth-order valence-electron chi connectivity index (χ4n) is 2.77. The number of aromatic nitrogens is 2. The van der Waals surface area contributed by atoms with Crippen LogP contribution in [0.25, 0.3) is 27.6 Å². The van der Waals surface area contributed by atoms with Gasteiger partial charge in [0.25, 0.3) is 0 Å². The third kappa shape index (κ3) is 2.05. The van der Waals surface area contributed by atoms with Gasteiger partial charge in [-0.2, -0.15) is 0 Å². The van der Waals surface area contributed by atoms with Gasteiger partial charge in [-0.15, -0.1) is 10.2 Å². The predicted molar refractivity (Wildman–Crippen MR) is 86.7 cm³/mol. The second kappa shape index (κ2) is 4.98. The number of fused-ring (bicyclic) bond motifs is 1. The van der Waals surface area contributed by atoms with Gasteiger partial charge < -0.3 is 0 Å². The first-order chi connectivity index (χ1) is 10.4. The van der Waals surface area contributed by atoms with Crippen molar-refractivity contribution in [1.29, 1.82) is 0 Å². The third-order valence-corrected chi connectivity index (χ3v) is 3.81. The van der Waals surface area contributed by atoms with Crippen molar-refractivity contribution in [1.82, 2.24) is 10.2 Å². The zero-order valence-electron chi connectivity index (χ0n) is 11.5. The van der Waals surface area contributed by atoms with Crippen LogP contribution < -0.4 is 0 Å². The van der Waals surface area contributed by atoms with Crippen LogP contribution in [0.2, 0.25) is 0 Å². The van der Waals surface area contributed by atoms with E-state index in [1.165, 1.54) is 11.0 Å². The van der Waals surface area contributed by atoms with Crippen molar-refractivity contribution in [2.45, 2.75) is 6.42 Å². The van der Waals surface area contributed by atoms with E-state index in [1.807, 2.05) is 18.2 Å². The summed E-state index contributed by atoms with van der Waals surface area (Å²) in [6, 6.07) is 18.6. The monoisotopic (exact) mass is 270 g/mol. The Hall–Kier alpha value is -2.74. The van der Waals surface area contributed by atoms with E-state index < -0.39 is 0 Å². The van der Waals surface area contributed by atoms with Gasteiger partial charge in [0.15, 0.2) is 0 Å². The van der Waals surface area contributed by atoms with Gasteiger partial charge in [-0.3, -0.25) is 0 Å². The summed E-state index contributed by atoms with van der Waals surface area (Å²) >= 11 is 0. The van der Waals surface area contributed by atoms with Gasteiger partial charge in [-0.25, -0.2) is 0 Å². The van der Waals surface area contributed by atoms with Crippen LogP contribution in [0.1, 0.15) is 12.1 Å². The van der Waals surface area contributed by atoms with E-state index in [4.69, 9.17) is 0 Å². The first-order valence-corrected chi connectivity index (χ1v) is 7.10. The Labute approximate surface area is 123 Å². The molecule has 0 fully saturated rings. The van der Waals surface area contributed by atoms with Crippen LogP contribution in [0.3, 0.4) is 0 Å². The number of nitrogens with zero attached hydrogens (tertiary/aromatic N) is 2. The van der Waals surface area contributed by atoms with Gasteiger partial charge in [0.2, 0.25) is 0 Å². The second-order valence-electron chi connectivity index (χ2n) is 5.13. The van der Waals surface area contributed by atoms with Crippen LogP contribution in [0.4, 0.5) is 0 Å². The second-order valence-corrected chi connectivity index (χ2v) is 5.13. The molecule has 0 unspecified atom stereocenters. The zero-order chi connectivity index (χ0) is 14.1. The van der Waals surface area contributed by atoms with Crippen LogP contribution in [0.5, 0.6) is 0 Å². The minimum atomic E-state index is 0.934. The highest BCUT2D eigenvalue weighted by Crippen LogP contribution is 2.32. The molecule has 0 bridgehead atoms. The molecule has 1 aromatic heterocycles. The first-order valence-electron chi connectivity index (χ1n) is 7.10. The van der Waals surface area contributed by atoms with Crippen LogP contribution in [-0.4, -0.2) is 10.2 Å². The minimum Gasteiger partial charge on any atom is -0.150 e. The highest BCUT2D eigenvalue weighted by molar-refractivity contribution is 6.00. The van der Waals surface area contributed by atoms with E-state index in [2.05, 4.69) is 64.8 Å². The van der Waals surface area contributed by atoms with Crippen molar-refractivity contribution < 1.29 is 0 Å². The van der Waals surface area contributed by atoms with Gasteiger partial charge in [0.05, 0.1) is 5.69 Å². The first kappa shape index (κ1) is 12.0. The molecule has 0 saturated heterocycles. The number of hydrogen-bond donors (Lipinski definition) is 0. The lowest BCUT2D eigenvalue weighted by Crippen LogP contribution is -1.97. The molecule has 0 N–H and O–H groups in total. The number of allylic oxidation sites excluding steroid dienone is 4. The Morgan fingerprint density at radius 3 is 2.10 bits per heavy atom. The standard InChI is InChI=1S/C19H14N2/c1-2-8-14(9-3-1)18-16-12-6-7-13-17(16)19(21-20-18)15-10-4-5-11-15/h1-10,12-13H,11H2. The van der Waals surface area contributed by atoms with Crippen LogP contribution >= 0.6 is 0 Å². The largest absolute Gasteiger partial charge is 0.150 e. The van der Waals surface area contributed by atoms with Crippen LogP contribution in [0.15, 0.2) is 72.8 Å². The number of hydrogen-bond acceptors (Lipinski definition) is 2. The molecule has 2 aromatic carbocycles. The molecular weight excluding hydrogens is 256 g/mol. The van der Waals surface area contributed by atoms with Gasteiger partial charge >= 0.3 is 0 Å². The molecule has 1 heterocycles. The van der Waals surface area contributed by atoms with Crippen molar-refractivity contribution in [2.24, 2.45) is 0 Å². The molecule has 2 nitrogen and oxygen atoms in total. The molecule has 0 aliphatic heterocycles. The van der Waals surface area contributed by atoms with E-state index >= 15 is 0 Å². The molecule has 2 heteroatoms. The normalized spacial score (nSPS) is 13.6. The summed E-state index contributed by atoms with van der Waals surface area (Å²) in [5.41, 5.74) is 4.28. The Kier molecular flexibility index (Phi) is 2.86. The SMILES string of the molecule is C1=CCC(c2nnc(-c3ccccc3)c3ccccc23)=C1. The fourth-order valence-corrected chi connectivity index (χ4v) is 2.77. The van der Waals surface area contributed by atoms with E-state index in [1.54, 1.807) is 0 Å². The molecule has 4 rings (SSSR count). The highest BCUT2D eigenvalue weighted by Gasteiger charge is 2.13. The quantitative estimate of drug-likeness (QED) is 0.678. The summed E-state index contributed by atoms with van der Waals surface area (Å²) < 4.78 is 0. The van der Waals surface area contributed by atoms with Crippen molar-refractivity contribution >= 4 is 16.3 Å². The fraction of sp³-hybridized carbons (Fsp3) is 0.0526. The molecule has 0 atom stereocenters. The number of rotatable bonds is 2. The third-order valence-electron chi connectivity index (χ3n) is 3.81. The lowest BCUT2D eigenvalue weighted by Gasteiger charge is -2.10. The molecular formula is C19H14N2. The van der Waals surface area contributed by atoms with E-state index in [0.29, 0.717) is 0 Å². The molecule has 3 aromatic rings. The maximum Gasteiger partial charge on any atom is 0.101 e. The maximum atomic E-state index is 4.51. The van der Waals surface area contributed by atoms with E-state index in [0.717, 1.165) is 28.8 Å². The summed E-state index contributed by atoms with van der Waals surface area (Å²) in [5, 5.41) is 11.3. The molecule has 1 aliphatic carbocycles. The molecule has 0 amide bonds. The molecule has 100 valence electrons. The van der Waals surface area contributed by atoms with Crippen molar-refractivity contribution in [3.8, 4) is 11.3 Å². The van der Waals surface area contributed by atoms with Gasteiger partial charge in [-0.1, -0.05) is 72.8 Å². The van der Waals surface area contributed by atoms with Crippen LogP contribution in [-0.2, 0) is 0 Å². The van der Waals surface area contributed by atoms with Gasteiger partial charge in [0, 0.05) is 16.3 Å². The predicted octanol–water partition coefficient (Wildman–Crippen LogP) is 4.64. The van der Waals surface area contributed by atoms with Crippen molar-refractivity contribution in [2.75, 3.05) is 0 Å². The molecule has 1 aliphatic rings. The Balaban J connectivity index is 1.98. The van der Waals surface area contributed by atoms with Crippen molar-refractivity contribution in [3.05, 3.63) is 78.5 Å². The summed E-state index contributed by atoms with van der Waals surface area (Å²) in [4.78, 5) is 0. The average Bonchev–Trinajstić information content (AvgIpc) is 3.09. The summed E-state index contributed by atoms with van der Waals surface area (Å²) in [5.74, 6) is 0. The Morgan fingerprint density at radius 2 is 1.38 bits per heavy atom. The Bertz CT molecular complexity index is 861. The zero-order valence-corrected chi connectivity index (χ0v) is 11.5. The Morgan fingerprint density at radius 1 is 0.714 bits per heavy atom. The van der Waals surface area contributed by atoms with Gasteiger partial charge in [0.1, 0.15) is 5.69 Å². The lowest BCUT2D eigenvalue weighted by atomic mass is 10.0. The highest BCUT2D eigenvalue weighted by atomic mass is 15.1. The average molecular weight is 270 g/mol. The summed E-state index contributed by atoms with van der Waals surface area (Å²) in [7, 11) is 0. The van der Waals surface area contributed by atoms with E-state index in [-0.39, 0.29) is 0 Å². The van der Waals surface area contributed by atoms with Crippen LogP contribution in [0, 0.1) is 0 Å². The van der Waals surface area contributed by atoms with Crippen molar-refractivity contribution in [3.63, 3.8) is 0 Å². The molecule has 0 spiro atoms. The van der Waals surface area contributed by atoms with Gasteiger partial charge in [-0.05, 0) is 12.0 Å². The summed E-state index contributed by atoms with van der Waals surface area (Å²) in [6.07, 6.45) is 7.29. The molecule has 0 radical (unpaired) electrons. The summed E-state index contributed by atoms with van der Waals surface area (Å²) in [6.45, 7) is 0. The lowest BCUT2D eigenvalue weighted by molar-refractivity contribution is 1.03. The molecule has 21 heavy (non-hydrogen) atoms. The topological polar surface area (TPSA) is 25.8 Å². The number of benzene rings is 2. The molecule has 0 saturated carbocycles. The maximum absolute atomic E-state index is 4.51. The smallest absolute Gasteiger partial charge is 0.101 e.